The van der Waals surface area contributed by atoms with Crippen LogP contribution in [0.4, 0.5) is 0 Å². The van der Waals surface area contributed by atoms with Gasteiger partial charge in [-0.3, -0.25) is 9.59 Å². The Labute approximate surface area is 193 Å². The molecule has 0 bridgehead atoms. The lowest BCUT2D eigenvalue weighted by Crippen LogP contribution is -2.37. The molecule has 3 aromatic rings. The van der Waals surface area contributed by atoms with Gasteiger partial charge in [-0.15, -0.1) is 0 Å². The van der Waals surface area contributed by atoms with Gasteiger partial charge in [0.05, 0.1) is 17.2 Å². The van der Waals surface area contributed by atoms with Crippen LogP contribution >= 0.6 is 0 Å². The largest absolute Gasteiger partial charge is 0.465 e. The van der Waals surface area contributed by atoms with Crippen molar-refractivity contribution in [3.8, 4) is 0 Å². The number of carbonyl (C=O) groups is 2. The van der Waals surface area contributed by atoms with E-state index in [2.05, 4.69) is 10.6 Å². The molecule has 1 heterocycles. The minimum atomic E-state index is -3.32. The summed E-state index contributed by atoms with van der Waals surface area (Å²) in [6, 6.07) is 16.4. The van der Waals surface area contributed by atoms with Gasteiger partial charge < -0.3 is 15.1 Å². The molecule has 0 aliphatic carbocycles. The lowest BCUT2D eigenvalue weighted by Gasteiger charge is -2.19. The summed E-state index contributed by atoms with van der Waals surface area (Å²) in [5.41, 5.74) is 2.02. The Morgan fingerprint density at radius 2 is 1.73 bits per heavy atom. The molecule has 7 nitrogen and oxygen atoms in total. The quantitative estimate of drug-likeness (QED) is 0.488. The average molecular weight is 467 g/mol. The van der Waals surface area contributed by atoms with Crippen molar-refractivity contribution in [3.63, 3.8) is 0 Å². The molecule has 0 radical (unpaired) electrons. The van der Waals surface area contributed by atoms with Crippen LogP contribution in [-0.4, -0.2) is 26.5 Å². The minimum Gasteiger partial charge on any atom is -0.465 e. The summed E-state index contributed by atoms with van der Waals surface area (Å²) >= 11 is 0. The van der Waals surface area contributed by atoms with Crippen molar-refractivity contribution >= 4 is 27.7 Å². The van der Waals surface area contributed by atoms with Crippen LogP contribution in [0.2, 0.25) is 0 Å². The Bertz CT molecular complexity index is 1260. The zero-order chi connectivity index (χ0) is 24.0. The summed E-state index contributed by atoms with van der Waals surface area (Å²) < 4.78 is 28.8. The van der Waals surface area contributed by atoms with Crippen molar-refractivity contribution in [2.75, 3.05) is 6.26 Å². The van der Waals surface area contributed by atoms with Gasteiger partial charge >= 0.3 is 0 Å². The highest BCUT2D eigenvalue weighted by Crippen LogP contribution is 2.20. The number of aryl methyl sites for hydroxylation is 1. The van der Waals surface area contributed by atoms with Gasteiger partial charge in [0, 0.05) is 17.9 Å². The lowest BCUT2D eigenvalue weighted by molar-refractivity contribution is -0.118. The highest BCUT2D eigenvalue weighted by Gasteiger charge is 2.20. The van der Waals surface area contributed by atoms with E-state index in [1.165, 1.54) is 24.5 Å². The van der Waals surface area contributed by atoms with Crippen molar-refractivity contribution in [1.82, 2.24) is 10.6 Å². The van der Waals surface area contributed by atoms with Gasteiger partial charge in [0.25, 0.3) is 11.8 Å². The van der Waals surface area contributed by atoms with E-state index < -0.39 is 21.7 Å². The minimum absolute atomic E-state index is 0.0319. The highest BCUT2D eigenvalue weighted by atomic mass is 32.2. The molecule has 0 spiro atoms. The molecular formula is C25H26N2O5S. The normalized spacial score (nSPS) is 12.8. The number of hydrogen-bond donors (Lipinski definition) is 2. The Kier molecular flexibility index (Phi) is 7.50. The second-order valence-electron chi connectivity index (χ2n) is 7.62. The van der Waals surface area contributed by atoms with E-state index in [1.54, 1.807) is 36.4 Å². The second kappa shape index (κ2) is 10.3. The predicted molar refractivity (Wildman–Crippen MR) is 126 cm³/mol. The lowest BCUT2D eigenvalue weighted by atomic mass is 10.0. The Morgan fingerprint density at radius 3 is 2.30 bits per heavy atom. The van der Waals surface area contributed by atoms with Gasteiger partial charge in [-0.05, 0) is 54.8 Å². The second-order valence-corrected chi connectivity index (χ2v) is 9.63. The fourth-order valence-corrected chi connectivity index (χ4v) is 3.93. The third kappa shape index (κ3) is 6.20. The molecule has 0 saturated heterocycles. The van der Waals surface area contributed by atoms with Crippen LogP contribution < -0.4 is 10.6 Å². The number of benzene rings is 2. The molecule has 2 amide bonds. The molecule has 172 valence electrons. The first kappa shape index (κ1) is 24.0. The maximum absolute atomic E-state index is 13.2. The SMILES string of the molecule is CCC(NC(=O)/C(=C/c1ccco1)NC(=O)c1ccccc1C)c1ccc(S(C)(=O)=O)cc1. The summed E-state index contributed by atoms with van der Waals surface area (Å²) in [6.45, 7) is 3.72. The monoisotopic (exact) mass is 466 g/mol. The number of amides is 2. The first-order valence-electron chi connectivity index (χ1n) is 10.4. The zero-order valence-corrected chi connectivity index (χ0v) is 19.5. The van der Waals surface area contributed by atoms with Crippen molar-refractivity contribution in [3.05, 3.63) is 95.1 Å². The van der Waals surface area contributed by atoms with Crippen LogP contribution in [0.15, 0.2) is 81.9 Å². The van der Waals surface area contributed by atoms with Crippen LogP contribution in [0.1, 0.15) is 46.6 Å². The molecule has 0 aliphatic heterocycles. The van der Waals surface area contributed by atoms with Gasteiger partial charge in [0.1, 0.15) is 11.5 Å². The maximum Gasteiger partial charge on any atom is 0.268 e. The number of furan rings is 1. The van der Waals surface area contributed by atoms with E-state index in [0.29, 0.717) is 17.7 Å². The van der Waals surface area contributed by atoms with Crippen molar-refractivity contribution in [2.24, 2.45) is 0 Å². The molecule has 0 fully saturated rings. The maximum atomic E-state index is 13.2. The Hall–Kier alpha value is -3.65. The van der Waals surface area contributed by atoms with Crippen molar-refractivity contribution < 1.29 is 22.4 Å². The first-order valence-corrected chi connectivity index (χ1v) is 12.3. The fraction of sp³-hybridized carbons (Fsp3) is 0.200. The number of sulfone groups is 1. The number of hydrogen-bond acceptors (Lipinski definition) is 5. The molecular weight excluding hydrogens is 440 g/mol. The van der Waals surface area contributed by atoms with Crippen LogP contribution in [0.5, 0.6) is 0 Å². The van der Waals surface area contributed by atoms with E-state index in [9.17, 15) is 18.0 Å². The average Bonchev–Trinajstić information content (AvgIpc) is 3.30. The molecule has 1 atom stereocenters. The van der Waals surface area contributed by atoms with Crippen LogP contribution in [0.3, 0.4) is 0 Å². The summed E-state index contributed by atoms with van der Waals surface area (Å²) in [5.74, 6) is -0.491. The molecule has 2 N–H and O–H groups in total. The summed E-state index contributed by atoms with van der Waals surface area (Å²) in [5, 5.41) is 5.61. The molecule has 2 aromatic carbocycles. The van der Waals surface area contributed by atoms with Gasteiger partial charge in [-0.2, -0.15) is 0 Å². The van der Waals surface area contributed by atoms with Crippen LogP contribution in [-0.2, 0) is 14.6 Å². The molecule has 1 unspecified atom stereocenters. The predicted octanol–water partition coefficient (Wildman–Crippen LogP) is 4.03. The van der Waals surface area contributed by atoms with Gasteiger partial charge in [-0.25, -0.2) is 8.42 Å². The smallest absolute Gasteiger partial charge is 0.268 e. The molecule has 8 heteroatoms. The van der Waals surface area contributed by atoms with Gasteiger partial charge in [0.2, 0.25) is 0 Å². The Morgan fingerprint density at radius 1 is 1.03 bits per heavy atom. The number of rotatable bonds is 8. The molecule has 0 saturated carbocycles. The topological polar surface area (TPSA) is 105 Å². The van der Waals surface area contributed by atoms with Gasteiger partial charge in [0.15, 0.2) is 9.84 Å². The molecule has 0 aliphatic rings. The molecule has 1 aromatic heterocycles. The van der Waals surface area contributed by atoms with E-state index in [0.717, 1.165) is 17.4 Å². The summed E-state index contributed by atoms with van der Waals surface area (Å²) in [4.78, 5) is 26.2. The molecule has 33 heavy (non-hydrogen) atoms. The standard InChI is InChI=1S/C25H26N2O5S/c1-4-22(18-11-13-20(14-12-18)33(3,30)31)26-25(29)23(16-19-9-7-15-32-19)27-24(28)21-10-6-5-8-17(21)2/h5-16,22H,4H2,1-3H3,(H,26,29)(H,27,28)/b23-16-. The summed E-state index contributed by atoms with van der Waals surface area (Å²) in [7, 11) is -3.32. The van der Waals surface area contributed by atoms with Crippen LogP contribution in [0.25, 0.3) is 6.08 Å². The third-order valence-electron chi connectivity index (χ3n) is 5.14. The van der Waals surface area contributed by atoms with E-state index in [-0.39, 0.29) is 16.6 Å². The van der Waals surface area contributed by atoms with Crippen LogP contribution in [0, 0.1) is 6.92 Å². The van der Waals surface area contributed by atoms with E-state index in [1.807, 2.05) is 26.0 Å². The van der Waals surface area contributed by atoms with Gasteiger partial charge in [-0.1, -0.05) is 37.3 Å². The zero-order valence-electron chi connectivity index (χ0n) is 18.7. The summed E-state index contributed by atoms with van der Waals surface area (Å²) in [6.07, 6.45) is 4.64. The van der Waals surface area contributed by atoms with E-state index >= 15 is 0 Å². The highest BCUT2D eigenvalue weighted by molar-refractivity contribution is 7.90. The van der Waals surface area contributed by atoms with E-state index in [4.69, 9.17) is 4.42 Å². The molecule has 3 rings (SSSR count). The fourth-order valence-electron chi connectivity index (χ4n) is 3.30. The number of nitrogens with one attached hydrogen (secondary N) is 2. The number of carbonyl (C=O) groups excluding carboxylic acids is 2. The first-order chi connectivity index (χ1) is 15.7. The van der Waals surface area contributed by atoms with Crippen molar-refractivity contribution in [1.29, 1.82) is 0 Å². The van der Waals surface area contributed by atoms with Crippen molar-refractivity contribution in [2.45, 2.75) is 31.2 Å². The Balaban J connectivity index is 1.85. The third-order valence-corrected chi connectivity index (χ3v) is 6.26.